The van der Waals surface area contributed by atoms with Gasteiger partial charge in [0, 0.05) is 14.1 Å². The lowest BCUT2D eigenvalue weighted by atomic mass is 9.87. The summed E-state index contributed by atoms with van der Waals surface area (Å²) in [6, 6.07) is 8.06. The molecule has 0 spiro atoms. The fourth-order valence-electron chi connectivity index (χ4n) is 1.22. The van der Waals surface area contributed by atoms with Crippen molar-refractivity contribution in [2.24, 2.45) is 0 Å². The average molecular weight is 237 g/mol. The molecule has 16 heavy (non-hydrogen) atoms. The minimum absolute atomic E-state index is 0.167. The Morgan fingerprint density at radius 1 is 1.12 bits per heavy atom. The minimum Gasteiger partial charge on any atom is -0.432 e. The Balaban J connectivity index is 2.76. The standard InChI is InChI=1S/C13H19NOS/c1-13(2,3)10-6-8-11(9-7-10)15-12(16)14(4)5/h6-9H,1-5H3. The summed E-state index contributed by atoms with van der Waals surface area (Å²) in [7, 11) is 3.73. The van der Waals surface area contributed by atoms with Gasteiger partial charge in [-0.3, -0.25) is 0 Å². The molecule has 0 heterocycles. The van der Waals surface area contributed by atoms with Gasteiger partial charge in [0.25, 0.3) is 5.17 Å². The van der Waals surface area contributed by atoms with Crippen LogP contribution in [-0.2, 0) is 5.41 Å². The number of nitrogens with zero attached hydrogens (tertiary/aromatic N) is 1. The Labute approximate surface area is 103 Å². The molecule has 0 unspecified atom stereocenters. The third kappa shape index (κ3) is 3.49. The van der Waals surface area contributed by atoms with Crippen molar-refractivity contribution >= 4 is 17.4 Å². The summed E-state index contributed by atoms with van der Waals surface area (Å²) >= 11 is 5.07. The van der Waals surface area contributed by atoms with E-state index in [0.29, 0.717) is 5.17 Å². The van der Waals surface area contributed by atoms with Crippen LogP contribution >= 0.6 is 12.2 Å². The Kier molecular flexibility index (Phi) is 3.92. The molecule has 1 aromatic carbocycles. The van der Waals surface area contributed by atoms with E-state index in [9.17, 15) is 0 Å². The molecular weight excluding hydrogens is 218 g/mol. The van der Waals surface area contributed by atoms with Crippen LogP contribution in [0.4, 0.5) is 0 Å². The van der Waals surface area contributed by atoms with Crippen LogP contribution in [0.1, 0.15) is 26.3 Å². The summed E-state index contributed by atoms with van der Waals surface area (Å²) in [5.41, 5.74) is 1.45. The van der Waals surface area contributed by atoms with E-state index < -0.39 is 0 Å². The second-order valence-corrected chi connectivity index (χ2v) is 5.39. The molecule has 0 bridgehead atoms. The van der Waals surface area contributed by atoms with E-state index in [1.807, 2.05) is 26.2 Å². The highest BCUT2D eigenvalue weighted by Gasteiger charge is 2.13. The summed E-state index contributed by atoms with van der Waals surface area (Å²) in [5.74, 6) is 0.784. The molecule has 0 aliphatic rings. The van der Waals surface area contributed by atoms with E-state index in [-0.39, 0.29) is 5.41 Å². The van der Waals surface area contributed by atoms with Crippen LogP contribution in [0.15, 0.2) is 24.3 Å². The SMILES string of the molecule is CN(C)C(=S)Oc1ccc(C(C)(C)C)cc1. The summed E-state index contributed by atoms with van der Waals surface area (Å²) in [5, 5.41) is 0.475. The third-order valence-electron chi connectivity index (χ3n) is 2.29. The Morgan fingerprint density at radius 2 is 1.62 bits per heavy atom. The number of rotatable bonds is 1. The Morgan fingerprint density at radius 3 is 2.00 bits per heavy atom. The van der Waals surface area contributed by atoms with Crippen molar-refractivity contribution in [3.8, 4) is 5.75 Å². The molecule has 0 aromatic heterocycles. The first kappa shape index (κ1) is 13.0. The van der Waals surface area contributed by atoms with Crippen molar-refractivity contribution in [2.45, 2.75) is 26.2 Å². The lowest BCUT2D eigenvalue weighted by molar-refractivity contribution is 0.449. The van der Waals surface area contributed by atoms with Crippen molar-refractivity contribution < 1.29 is 4.74 Å². The number of hydrogen-bond acceptors (Lipinski definition) is 2. The van der Waals surface area contributed by atoms with E-state index in [0.717, 1.165) is 5.75 Å². The van der Waals surface area contributed by atoms with Gasteiger partial charge >= 0.3 is 0 Å². The van der Waals surface area contributed by atoms with Gasteiger partial charge in [-0.15, -0.1) is 0 Å². The average Bonchev–Trinajstić information content (AvgIpc) is 2.17. The topological polar surface area (TPSA) is 12.5 Å². The molecule has 0 saturated heterocycles. The van der Waals surface area contributed by atoms with E-state index in [2.05, 4.69) is 32.9 Å². The maximum Gasteiger partial charge on any atom is 0.264 e. The summed E-state index contributed by atoms with van der Waals surface area (Å²) < 4.78 is 5.50. The molecule has 0 saturated carbocycles. The normalized spacial score (nSPS) is 11.1. The summed E-state index contributed by atoms with van der Waals surface area (Å²) in [4.78, 5) is 1.77. The Hall–Kier alpha value is -1.09. The van der Waals surface area contributed by atoms with Gasteiger partial charge in [0.15, 0.2) is 0 Å². The quantitative estimate of drug-likeness (QED) is 0.696. The maximum absolute atomic E-state index is 5.50. The molecule has 3 heteroatoms. The molecule has 1 rings (SSSR count). The van der Waals surface area contributed by atoms with E-state index in [4.69, 9.17) is 17.0 Å². The largest absolute Gasteiger partial charge is 0.432 e. The molecule has 0 N–H and O–H groups in total. The van der Waals surface area contributed by atoms with E-state index >= 15 is 0 Å². The van der Waals surface area contributed by atoms with Crippen molar-refractivity contribution in [2.75, 3.05) is 14.1 Å². The monoisotopic (exact) mass is 237 g/mol. The first-order valence-corrected chi connectivity index (χ1v) is 5.71. The predicted molar refractivity (Wildman–Crippen MR) is 72.1 cm³/mol. The van der Waals surface area contributed by atoms with Crippen LogP contribution in [0, 0.1) is 0 Å². The van der Waals surface area contributed by atoms with E-state index in [1.165, 1.54) is 5.56 Å². The number of ether oxygens (including phenoxy) is 1. The van der Waals surface area contributed by atoms with Gasteiger partial charge in [-0.05, 0) is 35.3 Å². The number of thiocarbonyl (C=S) groups is 1. The molecule has 0 radical (unpaired) electrons. The molecule has 0 amide bonds. The van der Waals surface area contributed by atoms with Gasteiger partial charge < -0.3 is 9.64 Å². The number of benzene rings is 1. The lowest BCUT2D eigenvalue weighted by Gasteiger charge is -2.19. The van der Waals surface area contributed by atoms with Crippen LogP contribution in [0.25, 0.3) is 0 Å². The van der Waals surface area contributed by atoms with Gasteiger partial charge in [-0.1, -0.05) is 32.9 Å². The van der Waals surface area contributed by atoms with Crippen LogP contribution in [-0.4, -0.2) is 24.2 Å². The van der Waals surface area contributed by atoms with Crippen molar-refractivity contribution in [1.29, 1.82) is 0 Å². The van der Waals surface area contributed by atoms with Gasteiger partial charge in [0.05, 0.1) is 0 Å². The van der Waals surface area contributed by atoms with E-state index in [1.54, 1.807) is 4.90 Å². The van der Waals surface area contributed by atoms with Gasteiger partial charge in [-0.2, -0.15) is 0 Å². The molecule has 2 nitrogen and oxygen atoms in total. The smallest absolute Gasteiger partial charge is 0.264 e. The van der Waals surface area contributed by atoms with Gasteiger partial charge in [-0.25, -0.2) is 0 Å². The fourth-order valence-corrected chi connectivity index (χ4v) is 1.31. The highest BCUT2D eigenvalue weighted by molar-refractivity contribution is 7.80. The van der Waals surface area contributed by atoms with Gasteiger partial charge in [0.2, 0.25) is 0 Å². The maximum atomic E-state index is 5.50. The predicted octanol–water partition coefficient (Wildman–Crippen LogP) is 3.21. The molecule has 0 aliphatic carbocycles. The number of hydrogen-bond donors (Lipinski definition) is 0. The molecule has 0 fully saturated rings. The Bertz CT molecular complexity index is 363. The van der Waals surface area contributed by atoms with Crippen molar-refractivity contribution in [1.82, 2.24) is 4.90 Å². The molecular formula is C13H19NOS. The van der Waals surface area contributed by atoms with Crippen molar-refractivity contribution in [3.63, 3.8) is 0 Å². The highest BCUT2D eigenvalue weighted by atomic mass is 32.1. The molecule has 88 valence electrons. The molecule has 1 aromatic rings. The third-order valence-corrected chi connectivity index (χ3v) is 2.74. The second-order valence-electron chi connectivity index (χ2n) is 5.04. The van der Waals surface area contributed by atoms with Crippen LogP contribution < -0.4 is 4.74 Å². The zero-order valence-corrected chi connectivity index (χ0v) is 11.4. The first-order chi connectivity index (χ1) is 7.30. The van der Waals surface area contributed by atoms with Crippen LogP contribution in [0.5, 0.6) is 5.75 Å². The van der Waals surface area contributed by atoms with Gasteiger partial charge in [0.1, 0.15) is 5.75 Å². The molecule has 0 aliphatic heterocycles. The summed E-state index contributed by atoms with van der Waals surface area (Å²) in [6.07, 6.45) is 0. The first-order valence-electron chi connectivity index (χ1n) is 5.30. The second kappa shape index (κ2) is 4.83. The highest BCUT2D eigenvalue weighted by Crippen LogP contribution is 2.24. The zero-order chi connectivity index (χ0) is 12.3. The van der Waals surface area contributed by atoms with Crippen LogP contribution in [0.2, 0.25) is 0 Å². The zero-order valence-electron chi connectivity index (χ0n) is 10.6. The molecule has 0 atom stereocenters. The lowest BCUT2D eigenvalue weighted by Crippen LogP contribution is -2.25. The van der Waals surface area contributed by atoms with Crippen LogP contribution in [0.3, 0.4) is 0 Å². The van der Waals surface area contributed by atoms with Crippen molar-refractivity contribution in [3.05, 3.63) is 29.8 Å². The summed E-state index contributed by atoms with van der Waals surface area (Å²) in [6.45, 7) is 6.56. The fraction of sp³-hybridized carbons (Fsp3) is 0.462. The minimum atomic E-state index is 0.167.